The summed E-state index contributed by atoms with van der Waals surface area (Å²) in [7, 11) is -3.28. The van der Waals surface area contributed by atoms with Gasteiger partial charge in [-0.2, -0.15) is 0 Å². The molecule has 0 aromatic carbocycles. The predicted octanol–water partition coefficient (Wildman–Crippen LogP) is -1.30. The molecule has 0 aliphatic rings. The van der Waals surface area contributed by atoms with Crippen molar-refractivity contribution in [3.63, 3.8) is 0 Å². The molecule has 9 heteroatoms. The topological polar surface area (TPSA) is 125 Å². The van der Waals surface area contributed by atoms with Gasteiger partial charge in [0.25, 0.3) is 0 Å². The number of carbonyl (C=O) groups is 2. The average Bonchev–Trinajstić information content (AvgIpc) is 2.19. The maximum absolute atomic E-state index is 11.2. The molecule has 0 aromatic rings. The van der Waals surface area contributed by atoms with E-state index in [1.165, 1.54) is 0 Å². The Kier molecular flexibility index (Phi) is 6.51. The van der Waals surface area contributed by atoms with Gasteiger partial charge in [-0.1, -0.05) is 6.92 Å². The van der Waals surface area contributed by atoms with E-state index in [1.54, 1.807) is 6.92 Å². The number of urea groups is 1. The third-order valence-corrected chi connectivity index (χ3v) is 2.51. The number of amides is 2. The fourth-order valence-corrected chi connectivity index (χ4v) is 1.43. The van der Waals surface area contributed by atoms with Crippen LogP contribution in [0.3, 0.4) is 0 Å². The molecule has 0 heterocycles. The maximum Gasteiger partial charge on any atom is 0.326 e. The van der Waals surface area contributed by atoms with Gasteiger partial charge in [-0.3, -0.25) is 0 Å². The van der Waals surface area contributed by atoms with Gasteiger partial charge >= 0.3 is 12.0 Å². The van der Waals surface area contributed by atoms with Gasteiger partial charge in [-0.05, 0) is 6.42 Å². The Bertz CT molecular complexity index is 367. The lowest BCUT2D eigenvalue weighted by molar-refractivity contribution is -0.139. The molecule has 0 radical (unpaired) electrons. The van der Waals surface area contributed by atoms with Gasteiger partial charge in [-0.25, -0.2) is 22.7 Å². The van der Waals surface area contributed by atoms with Crippen molar-refractivity contribution < 1.29 is 23.1 Å². The van der Waals surface area contributed by atoms with Crippen LogP contribution in [-0.4, -0.2) is 50.9 Å². The van der Waals surface area contributed by atoms with Crippen LogP contribution in [0.1, 0.15) is 13.3 Å². The van der Waals surface area contributed by atoms with Crippen LogP contribution in [0.25, 0.3) is 0 Å². The van der Waals surface area contributed by atoms with E-state index in [-0.39, 0.29) is 19.5 Å². The van der Waals surface area contributed by atoms with Crippen molar-refractivity contribution in [2.75, 3.05) is 19.3 Å². The normalized spacial score (nSPS) is 12.8. The predicted molar refractivity (Wildman–Crippen MR) is 61.1 cm³/mol. The molecule has 0 aliphatic carbocycles. The first-order chi connectivity index (χ1) is 7.76. The molecule has 17 heavy (non-hydrogen) atoms. The molecule has 100 valence electrons. The zero-order chi connectivity index (χ0) is 13.5. The van der Waals surface area contributed by atoms with Crippen molar-refractivity contribution >= 4 is 22.0 Å². The van der Waals surface area contributed by atoms with E-state index < -0.39 is 28.1 Å². The maximum atomic E-state index is 11.2. The van der Waals surface area contributed by atoms with E-state index in [2.05, 4.69) is 15.4 Å². The number of nitrogens with one attached hydrogen (secondary N) is 3. The van der Waals surface area contributed by atoms with Crippen LogP contribution in [0.2, 0.25) is 0 Å². The van der Waals surface area contributed by atoms with Crippen LogP contribution < -0.4 is 15.4 Å². The number of carboxylic acid groups (broad SMARTS) is 1. The van der Waals surface area contributed by atoms with Crippen molar-refractivity contribution in [3.05, 3.63) is 0 Å². The number of rotatable bonds is 7. The third-order valence-electron chi connectivity index (χ3n) is 1.79. The number of carbonyl (C=O) groups excluding carboxylic acids is 1. The second-order valence-corrected chi connectivity index (χ2v) is 5.20. The molecule has 0 aliphatic heterocycles. The van der Waals surface area contributed by atoms with E-state index in [9.17, 15) is 18.0 Å². The number of hydrogen-bond donors (Lipinski definition) is 4. The molecule has 1 unspecified atom stereocenters. The Balaban J connectivity index is 3.84. The number of aliphatic carboxylic acids is 1. The summed E-state index contributed by atoms with van der Waals surface area (Å²) in [6.07, 6.45) is 1.27. The van der Waals surface area contributed by atoms with E-state index in [0.717, 1.165) is 6.26 Å². The van der Waals surface area contributed by atoms with Crippen LogP contribution in [0, 0.1) is 0 Å². The molecular weight excluding hydrogens is 250 g/mol. The molecule has 4 N–H and O–H groups in total. The second-order valence-electron chi connectivity index (χ2n) is 3.37. The van der Waals surface area contributed by atoms with Crippen molar-refractivity contribution in [2.45, 2.75) is 19.4 Å². The summed E-state index contributed by atoms with van der Waals surface area (Å²) in [6, 6.07) is -1.59. The van der Waals surface area contributed by atoms with Gasteiger partial charge in [0.2, 0.25) is 10.0 Å². The van der Waals surface area contributed by atoms with Crippen LogP contribution >= 0.6 is 0 Å². The molecule has 8 nitrogen and oxygen atoms in total. The monoisotopic (exact) mass is 267 g/mol. The summed E-state index contributed by atoms with van der Waals surface area (Å²) >= 11 is 0. The van der Waals surface area contributed by atoms with Crippen molar-refractivity contribution in [2.24, 2.45) is 0 Å². The summed E-state index contributed by atoms with van der Waals surface area (Å²) in [5.41, 5.74) is 0. The van der Waals surface area contributed by atoms with Crippen LogP contribution in [0.15, 0.2) is 0 Å². The Labute approximate surface area is 99.8 Å². The highest BCUT2D eigenvalue weighted by molar-refractivity contribution is 7.88. The highest BCUT2D eigenvalue weighted by atomic mass is 32.2. The first kappa shape index (κ1) is 15.7. The summed E-state index contributed by atoms with van der Waals surface area (Å²) in [4.78, 5) is 21.8. The summed E-state index contributed by atoms with van der Waals surface area (Å²) < 4.78 is 23.5. The second kappa shape index (κ2) is 7.07. The van der Waals surface area contributed by atoms with Crippen molar-refractivity contribution in [1.82, 2.24) is 15.4 Å². The Morgan fingerprint density at radius 3 is 2.29 bits per heavy atom. The van der Waals surface area contributed by atoms with E-state index in [1.807, 2.05) is 0 Å². The van der Waals surface area contributed by atoms with Crippen LogP contribution in [0.5, 0.6) is 0 Å². The Morgan fingerprint density at radius 2 is 1.88 bits per heavy atom. The van der Waals surface area contributed by atoms with E-state index in [4.69, 9.17) is 5.11 Å². The first-order valence-electron chi connectivity index (χ1n) is 4.98. The van der Waals surface area contributed by atoms with Gasteiger partial charge in [-0.15, -0.1) is 0 Å². The first-order valence-corrected chi connectivity index (χ1v) is 6.87. The van der Waals surface area contributed by atoms with Crippen LogP contribution in [0.4, 0.5) is 4.79 Å². The fourth-order valence-electron chi connectivity index (χ4n) is 0.960. The Morgan fingerprint density at radius 1 is 1.29 bits per heavy atom. The lowest BCUT2D eigenvalue weighted by atomic mass is 10.2. The standard InChI is InChI=1S/C8H17N3O5S/c1-3-6(7(12)13)11-8(14)9-4-5-10-17(2,15)16/h6,10H,3-5H2,1-2H3,(H,12,13)(H2,9,11,14). The van der Waals surface area contributed by atoms with Crippen molar-refractivity contribution in [3.8, 4) is 0 Å². The minimum atomic E-state index is -3.28. The lowest BCUT2D eigenvalue weighted by Crippen LogP contribution is -2.47. The summed E-state index contributed by atoms with van der Waals surface area (Å²) in [5, 5.41) is 13.2. The average molecular weight is 267 g/mol. The van der Waals surface area contributed by atoms with Gasteiger partial charge in [0.1, 0.15) is 6.04 Å². The number of sulfonamides is 1. The minimum Gasteiger partial charge on any atom is -0.480 e. The molecule has 0 rings (SSSR count). The van der Waals surface area contributed by atoms with Gasteiger partial charge in [0, 0.05) is 13.1 Å². The van der Waals surface area contributed by atoms with Gasteiger partial charge in [0.15, 0.2) is 0 Å². The molecule has 1 atom stereocenters. The molecule has 2 amide bonds. The third kappa shape index (κ3) is 8.46. The SMILES string of the molecule is CCC(NC(=O)NCCNS(C)(=O)=O)C(=O)O. The van der Waals surface area contributed by atoms with Gasteiger partial charge < -0.3 is 15.7 Å². The fraction of sp³-hybridized carbons (Fsp3) is 0.750. The molecule has 0 fully saturated rings. The molecule has 0 saturated carbocycles. The van der Waals surface area contributed by atoms with Gasteiger partial charge in [0.05, 0.1) is 6.26 Å². The highest BCUT2D eigenvalue weighted by Crippen LogP contribution is 1.89. The molecule has 0 aromatic heterocycles. The molecular formula is C8H17N3O5S. The zero-order valence-electron chi connectivity index (χ0n) is 9.69. The molecule has 0 bridgehead atoms. The molecule has 0 saturated heterocycles. The summed E-state index contributed by atoms with van der Waals surface area (Å²) in [5.74, 6) is -1.11. The lowest BCUT2D eigenvalue weighted by Gasteiger charge is -2.13. The van der Waals surface area contributed by atoms with Crippen LogP contribution in [-0.2, 0) is 14.8 Å². The highest BCUT2D eigenvalue weighted by Gasteiger charge is 2.16. The Hall–Kier alpha value is -1.35. The quantitative estimate of drug-likeness (QED) is 0.427. The summed E-state index contributed by atoms with van der Waals surface area (Å²) in [6.45, 7) is 1.76. The largest absolute Gasteiger partial charge is 0.480 e. The zero-order valence-corrected chi connectivity index (χ0v) is 10.5. The number of carboxylic acids is 1. The number of hydrogen-bond acceptors (Lipinski definition) is 4. The van der Waals surface area contributed by atoms with E-state index >= 15 is 0 Å². The van der Waals surface area contributed by atoms with E-state index in [0.29, 0.717) is 0 Å². The minimum absolute atomic E-state index is 0.0517. The molecule has 0 spiro atoms. The van der Waals surface area contributed by atoms with Crippen molar-refractivity contribution in [1.29, 1.82) is 0 Å². The smallest absolute Gasteiger partial charge is 0.326 e.